The van der Waals surface area contributed by atoms with Crippen LogP contribution in [0.3, 0.4) is 0 Å². The minimum atomic E-state index is -0.565. The predicted molar refractivity (Wildman–Crippen MR) is 80.4 cm³/mol. The van der Waals surface area contributed by atoms with Crippen LogP contribution >= 0.6 is 15.9 Å². The molecular formula is C14H14BrNO5. The summed E-state index contributed by atoms with van der Waals surface area (Å²) in [7, 11) is 3.12. The Morgan fingerprint density at radius 2 is 1.86 bits per heavy atom. The van der Waals surface area contributed by atoms with E-state index in [1.807, 2.05) is 19.1 Å². The lowest BCUT2D eigenvalue weighted by molar-refractivity contribution is -0.402. The number of nitrogens with zero attached hydrogens (tertiary/aromatic N) is 1. The van der Waals surface area contributed by atoms with Crippen molar-refractivity contribution in [3.8, 4) is 11.5 Å². The summed E-state index contributed by atoms with van der Waals surface area (Å²) in [4.78, 5) is 9.81. The molecule has 0 fully saturated rings. The summed E-state index contributed by atoms with van der Waals surface area (Å²) in [5, 5.41) is 10.7. The number of benzene rings is 1. The van der Waals surface area contributed by atoms with Gasteiger partial charge in [-0.3, -0.25) is 10.1 Å². The number of furan rings is 1. The predicted octanol–water partition coefficient (Wildman–Crippen LogP) is 4.00. The lowest BCUT2D eigenvalue weighted by Gasteiger charge is -2.15. The largest absolute Gasteiger partial charge is 0.493 e. The van der Waals surface area contributed by atoms with Gasteiger partial charge < -0.3 is 13.9 Å². The van der Waals surface area contributed by atoms with Gasteiger partial charge >= 0.3 is 5.88 Å². The fourth-order valence-corrected chi connectivity index (χ4v) is 2.74. The number of halogens is 1. The fourth-order valence-electron chi connectivity index (χ4n) is 2.00. The van der Waals surface area contributed by atoms with E-state index >= 15 is 0 Å². The van der Waals surface area contributed by atoms with Crippen LogP contribution in [0.15, 0.2) is 28.7 Å². The van der Waals surface area contributed by atoms with Crippen molar-refractivity contribution in [1.82, 2.24) is 0 Å². The molecular weight excluding hydrogens is 342 g/mol. The molecule has 1 aromatic heterocycles. The van der Waals surface area contributed by atoms with Crippen molar-refractivity contribution in [2.45, 2.75) is 11.8 Å². The van der Waals surface area contributed by atoms with E-state index in [1.54, 1.807) is 20.3 Å². The number of aryl methyl sites for hydroxylation is 1. The molecule has 7 heteroatoms. The van der Waals surface area contributed by atoms with E-state index < -0.39 is 4.92 Å². The molecule has 0 saturated carbocycles. The Balaban J connectivity index is 2.42. The van der Waals surface area contributed by atoms with Crippen molar-refractivity contribution >= 4 is 21.8 Å². The van der Waals surface area contributed by atoms with Crippen molar-refractivity contribution in [2.75, 3.05) is 14.2 Å². The second-order valence-electron chi connectivity index (χ2n) is 4.36. The molecule has 0 saturated heterocycles. The average molecular weight is 356 g/mol. The maximum Gasteiger partial charge on any atom is 0.433 e. The van der Waals surface area contributed by atoms with E-state index in [-0.39, 0.29) is 10.7 Å². The van der Waals surface area contributed by atoms with E-state index in [2.05, 4.69) is 15.9 Å². The minimum absolute atomic E-state index is 0.285. The molecule has 2 rings (SSSR count). The first-order valence-electron chi connectivity index (χ1n) is 6.08. The van der Waals surface area contributed by atoms with Gasteiger partial charge in [-0.2, -0.15) is 0 Å². The van der Waals surface area contributed by atoms with E-state index in [0.29, 0.717) is 17.3 Å². The summed E-state index contributed by atoms with van der Waals surface area (Å²) in [5.74, 6) is 1.39. The summed E-state index contributed by atoms with van der Waals surface area (Å²) >= 11 is 3.50. The molecule has 0 aliphatic carbocycles. The van der Waals surface area contributed by atoms with Crippen LogP contribution in [0.4, 0.5) is 5.88 Å². The first-order chi connectivity index (χ1) is 9.97. The monoisotopic (exact) mass is 355 g/mol. The van der Waals surface area contributed by atoms with Gasteiger partial charge in [0, 0.05) is 0 Å². The molecule has 0 aliphatic rings. The molecule has 0 spiro atoms. The van der Waals surface area contributed by atoms with Gasteiger partial charge in [0.05, 0.1) is 25.1 Å². The summed E-state index contributed by atoms with van der Waals surface area (Å²) in [6, 6.07) is 6.58. The third-order valence-corrected chi connectivity index (χ3v) is 4.03. The van der Waals surface area contributed by atoms with Gasteiger partial charge in [-0.05, 0) is 36.2 Å². The molecule has 1 atom stereocenters. The second-order valence-corrected chi connectivity index (χ2v) is 5.28. The second kappa shape index (κ2) is 6.17. The Kier molecular flexibility index (Phi) is 4.52. The topological polar surface area (TPSA) is 74.7 Å². The van der Waals surface area contributed by atoms with Crippen LogP contribution < -0.4 is 9.47 Å². The molecule has 0 aliphatic heterocycles. The third-order valence-electron chi connectivity index (χ3n) is 3.09. The molecule has 21 heavy (non-hydrogen) atoms. The van der Waals surface area contributed by atoms with Crippen molar-refractivity contribution < 1.29 is 18.8 Å². The minimum Gasteiger partial charge on any atom is -0.493 e. The zero-order valence-corrected chi connectivity index (χ0v) is 13.3. The standard InChI is InChI=1S/C14H14BrNO5/c1-8-6-11(19-2)12(20-3)7-9(8)14(15)10-4-5-13(21-10)16(17)18/h4-7,14H,1-3H3. The van der Waals surface area contributed by atoms with Gasteiger partial charge in [-0.15, -0.1) is 0 Å². The SMILES string of the molecule is COc1cc(C)c(C(Br)c2ccc([N+](=O)[O-])o2)cc1OC. The summed E-state index contributed by atoms with van der Waals surface area (Å²) < 4.78 is 15.7. The van der Waals surface area contributed by atoms with Crippen molar-refractivity contribution in [2.24, 2.45) is 0 Å². The van der Waals surface area contributed by atoms with E-state index in [1.165, 1.54) is 6.07 Å². The molecule has 112 valence electrons. The van der Waals surface area contributed by atoms with Gasteiger partial charge in [-0.25, -0.2) is 0 Å². The highest BCUT2D eigenvalue weighted by atomic mass is 79.9. The highest BCUT2D eigenvalue weighted by Crippen LogP contribution is 2.40. The van der Waals surface area contributed by atoms with E-state index in [4.69, 9.17) is 13.9 Å². The molecule has 2 aromatic rings. The number of hydrogen-bond acceptors (Lipinski definition) is 5. The maximum atomic E-state index is 10.7. The van der Waals surface area contributed by atoms with Crippen LogP contribution in [-0.2, 0) is 0 Å². The van der Waals surface area contributed by atoms with Crippen molar-refractivity contribution in [1.29, 1.82) is 0 Å². The van der Waals surface area contributed by atoms with Gasteiger partial charge in [0.2, 0.25) is 0 Å². The van der Waals surface area contributed by atoms with Crippen LogP contribution in [0.5, 0.6) is 11.5 Å². The highest BCUT2D eigenvalue weighted by Gasteiger charge is 2.22. The summed E-state index contributed by atoms with van der Waals surface area (Å²) in [5.41, 5.74) is 1.84. The quantitative estimate of drug-likeness (QED) is 0.460. The number of methoxy groups -OCH3 is 2. The maximum absolute atomic E-state index is 10.7. The number of rotatable bonds is 5. The zero-order valence-electron chi connectivity index (χ0n) is 11.8. The van der Waals surface area contributed by atoms with Crippen LogP contribution in [0.1, 0.15) is 21.7 Å². The van der Waals surface area contributed by atoms with Crippen LogP contribution in [-0.4, -0.2) is 19.1 Å². The summed E-state index contributed by atoms with van der Waals surface area (Å²) in [6.07, 6.45) is 0. The van der Waals surface area contributed by atoms with Crippen LogP contribution in [0, 0.1) is 17.0 Å². The van der Waals surface area contributed by atoms with Gasteiger partial charge in [0.25, 0.3) is 0 Å². The molecule has 6 nitrogen and oxygen atoms in total. The Morgan fingerprint density at radius 1 is 1.24 bits per heavy atom. The molecule has 0 radical (unpaired) electrons. The molecule has 0 N–H and O–H groups in total. The molecule has 1 heterocycles. The van der Waals surface area contributed by atoms with Crippen molar-refractivity contribution in [3.63, 3.8) is 0 Å². The smallest absolute Gasteiger partial charge is 0.433 e. The Labute approximate surface area is 129 Å². The van der Waals surface area contributed by atoms with Gasteiger partial charge in [0.15, 0.2) is 11.5 Å². The van der Waals surface area contributed by atoms with E-state index in [0.717, 1.165) is 11.1 Å². The molecule has 1 unspecified atom stereocenters. The van der Waals surface area contributed by atoms with Gasteiger partial charge in [0.1, 0.15) is 10.7 Å². The molecule has 1 aromatic carbocycles. The van der Waals surface area contributed by atoms with Crippen LogP contribution in [0.2, 0.25) is 0 Å². The Morgan fingerprint density at radius 3 is 2.38 bits per heavy atom. The first kappa shape index (κ1) is 15.4. The Hall–Kier alpha value is -2.02. The normalized spacial score (nSPS) is 12.0. The van der Waals surface area contributed by atoms with Gasteiger partial charge in [-0.1, -0.05) is 15.9 Å². The zero-order chi connectivity index (χ0) is 15.6. The summed E-state index contributed by atoms with van der Waals surface area (Å²) in [6.45, 7) is 1.92. The van der Waals surface area contributed by atoms with Crippen molar-refractivity contribution in [3.05, 3.63) is 51.3 Å². The Bertz CT molecular complexity index is 667. The van der Waals surface area contributed by atoms with E-state index in [9.17, 15) is 10.1 Å². The third kappa shape index (κ3) is 3.02. The lowest BCUT2D eigenvalue weighted by Crippen LogP contribution is -1.98. The fraction of sp³-hybridized carbons (Fsp3) is 0.286. The van der Waals surface area contributed by atoms with Crippen LogP contribution in [0.25, 0.3) is 0 Å². The highest BCUT2D eigenvalue weighted by molar-refractivity contribution is 9.09. The average Bonchev–Trinajstić information content (AvgIpc) is 2.96. The molecule has 0 amide bonds. The number of hydrogen-bond donors (Lipinski definition) is 0. The number of alkyl halides is 1. The number of ether oxygens (including phenoxy) is 2. The first-order valence-corrected chi connectivity index (χ1v) is 7.00. The lowest BCUT2D eigenvalue weighted by atomic mass is 10.0. The number of nitro groups is 1. The molecule has 0 bridgehead atoms.